The van der Waals surface area contributed by atoms with Crippen LogP contribution in [0.2, 0.25) is 0 Å². The molecule has 0 unspecified atom stereocenters. The summed E-state index contributed by atoms with van der Waals surface area (Å²) < 4.78 is 0. The zero-order valence-corrected chi connectivity index (χ0v) is 8.99. The van der Waals surface area contributed by atoms with Crippen LogP contribution in [0.5, 0.6) is 0 Å². The van der Waals surface area contributed by atoms with Crippen LogP contribution in [0, 0.1) is 6.92 Å². The van der Waals surface area contributed by atoms with Crippen molar-refractivity contribution < 1.29 is 0 Å². The quantitative estimate of drug-likeness (QED) is 0.705. The van der Waals surface area contributed by atoms with E-state index in [1.54, 1.807) is 22.7 Å². The Hall–Kier alpha value is -1.000. The van der Waals surface area contributed by atoms with Crippen LogP contribution in [0.4, 0.5) is 11.4 Å². The Balaban J connectivity index is 0.000000132. The van der Waals surface area contributed by atoms with Gasteiger partial charge in [-0.2, -0.15) is 11.3 Å². The molecular formula is C9H12N2S2. The van der Waals surface area contributed by atoms with Gasteiger partial charge in [0.15, 0.2) is 0 Å². The summed E-state index contributed by atoms with van der Waals surface area (Å²) in [6.45, 7) is 2.01. The third-order valence-electron chi connectivity index (χ3n) is 1.44. The van der Waals surface area contributed by atoms with Crippen LogP contribution < -0.4 is 11.5 Å². The highest BCUT2D eigenvalue weighted by Gasteiger charge is 1.87. The number of aryl methyl sites for hydroxylation is 1. The molecule has 0 bridgehead atoms. The number of anilines is 2. The molecule has 2 heterocycles. The molecule has 0 aliphatic carbocycles. The molecule has 0 spiro atoms. The molecule has 0 aromatic carbocycles. The smallest absolute Gasteiger partial charge is 0.0452 e. The fraction of sp³-hybridized carbons (Fsp3) is 0.111. The van der Waals surface area contributed by atoms with Gasteiger partial charge in [0.1, 0.15) is 0 Å². The molecular weight excluding hydrogens is 200 g/mol. The Morgan fingerprint density at radius 2 is 1.92 bits per heavy atom. The molecule has 0 saturated carbocycles. The van der Waals surface area contributed by atoms with Gasteiger partial charge in [0, 0.05) is 21.6 Å². The van der Waals surface area contributed by atoms with Crippen molar-refractivity contribution in [1.29, 1.82) is 0 Å². The van der Waals surface area contributed by atoms with Crippen molar-refractivity contribution in [1.82, 2.24) is 0 Å². The van der Waals surface area contributed by atoms with E-state index in [1.165, 1.54) is 4.88 Å². The molecule has 4 N–H and O–H groups in total. The van der Waals surface area contributed by atoms with Crippen LogP contribution in [0.15, 0.2) is 28.3 Å². The summed E-state index contributed by atoms with van der Waals surface area (Å²) in [4.78, 5) is 1.21. The van der Waals surface area contributed by atoms with Crippen molar-refractivity contribution in [3.05, 3.63) is 33.2 Å². The van der Waals surface area contributed by atoms with Crippen molar-refractivity contribution in [2.24, 2.45) is 0 Å². The molecule has 2 nitrogen and oxygen atoms in total. The number of rotatable bonds is 0. The molecule has 2 rings (SSSR count). The first-order chi connectivity index (χ1) is 6.20. The molecule has 0 radical (unpaired) electrons. The van der Waals surface area contributed by atoms with Crippen LogP contribution >= 0.6 is 22.7 Å². The number of hydrogen-bond acceptors (Lipinski definition) is 4. The van der Waals surface area contributed by atoms with E-state index >= 15 is 0 Å². The summed E-state index contributed by atoms with van der Waals surface area (Å²) in [7, 11) is 0. The molecule has 0 aliphatic heterocycles. The standard InChI is InChI=1S/C5H7NS.C4H5NS/c1-4-5(6)2-3-7-4;5-4-1-2-6-3-4/h2-3H,6H2,1H3;1-3H,5H2. The second kappa shape index (κ2) is 4.89. The molecule has 2 aromatic heterocycles. The van der Waals surface area contributed by atoms with Gasteiger partial charge in [-0.05, 0) is 29.8 Å². The topological polar surface area (TPSA) is 52.0 Å². The molecule has 2 aromatic rings. The van der Waals surface area contributed by atoms with E-state index in [9.17, 15) is 0 Å². The highest BCUT2D eigenvalue weighted by molar-refractivity contribution is 7.10. The highest BCUT2D eigenvalue weighted by Crippen LogP contribution is 2.15. The Kier molecular flexibility index (Phi) is 3.79. The van der Waals surface area contributed by atoms with E-state index in [2.05, 4.69) is 0 Å². The van der Waals surface area contributed by atoms with Crippen LogP contribution in [-0.4, -0.2) is 0 Å². The summed E-state index contributed by atoms with van der Waals surface area (Å²) in [6.07, 6.45) is 0. The summed E-state index contributed by atoms with van der Waals surface area (Å²) >= 11 is 3.29. The van der Waals surface area contributed by atoms with Crippen molar-refractivity contribution in [2.75, 3.05) is 11.5 Å². The zero-order valence-electron chi connectivity index (χ0n) is 7.36. The van der Waals surface area contributed by atoms with E-state index in [-0.39, 0.29) is 0 Å². The van der Waals surface area contributed by atoms with Crippen LogP contribution in [0.3, 0.4) is 0 Å². The fourth-order valence-electron chi connectivity index (χ4n) is 0.670. The monoisotopic (exact) mass is 212 g/mol. The minimum Gasteiger partial charge on any atom is -0.398 e. The van der Waals surface area contributed by atoms with Crippen molar-refractivity contribution in [3.63, 3.8) is 0 Å². The van der Waals surface area contributed by atoms with Gasteiger partial charge in [-0.25, -0.2) is 0 Å². The second-order valence-electron chi connectivity index (χ2n) is 2.49. The van der Waals surface area contributed by atoms with Gasteiger partial charge >= 0.3 is 0 Å². The first kappa shape index (κ1) is 10.1. The summed E-state index contributed by atoms with van der Waals surface area (Å²) in [5.74, 6) is 0. The van der Waals surface area contributed by atoms with E-state index in [0.717, 1.165) is 11.4 Å². The van der Waals surface area contributed by atoms with Crippen LogP contribution in [0.1, 0.15) is 4.88 Å². The fourth-order valence-corrected chi connectivity index (χ4v) is 1.84. The third kappa shape index (κ3) is 3.48. The van der Waals surface area contributed by atoms with Gasteiger partial charge in [-0.3, -0.25) is 0 Å². The summed E-state index contributed by atoms with van der Waals surface area (Å²) in [5, 5.41) is 5.85. The lowest BCUT2D eigenvalue weighted by Gasteiger charge is -1.81. The molecule has 0 saturated heterocycles. The Morgan fingerprint density at radius 3 is 2.08 bits per heavy atom. The first-order valence-electron chi connectivity index (χ1n) is 3.77. The maximum absolute atomic E-state index is 5.45. The van der Waals surface area contributed by atoms with Crippen molar-refractivity contribution in [2.45, 2.75) is 6.92 Å². The Labute approximate surface area is 85.8 Å². The summed E-state index contributed by atoms with van der Waals surface area (Å²) in [5.41, 5.74) is 12.5. The maximum atomic E-state index is 5.45. The van der Waals surface area contributed by atoms with Crippen molar-refractivity contribution in [3.8, 4) is 0 Å². The predicted octanol–water partition coefficient (Wildman–Crippen LogP) is 2.97. The van der Waals surface area contributed by atoms with Gasteiger partial charge in [0.05, 0.1) is 0 Å². The van der Waals surface area contributed by atoms with E-state index in [1.807, 2.05) is 35.2 Å². The van der Waals surface area contributed by atoms with Crippen LogP contribution in [0.25, 0.3) is 0 Å². The Bertz CT molecular complexity index is 322. The largest absolute Gasteiger partial charge is 0.398 e. The Morgan fingerprint density at radius 1 is 1.15 bits per heavy atom. The SMILES string of the molecule is Cc1sccc1N.Nc1ccsc1. The van der Waals surface area contributed by atoms with Gasteiger partial charge in [0.2, 0.25) is 0 Å². The number of thiophene rings is 2. The van der Waals surface area contributed by atoms with Crippen molar-refractivity contribution >= 4 is 34.0 Å². The number of hydrogen-bond donors (Lipinski definition) is 2. The summed E-state index contributed by atoms with van der Waals surface area (Å²) in [6, 6.07) is 3.80. The zero-order chi connectivity index (χ0) is 9.68. The molecule has 70 valence electrons. The lowest BCUT2D eigenvalue weighted by molar-refractivity contribution is 1.63. The maximum Gasteiger partial charge on any atom is 0.0452 e. The van der Waals surface area contributed by atoms with Crippen LogP contribution in [-0.2, 0) is 0 Å². The van der Waals surface area contributed by atoms with E-state index in [0.29, 0.717) is 0 Å². The van der Waals surface area contributed by atoms with E-state index < -0.39 is 0 Å². The molecule has 4 heteroatoms. The minimum atomic E-state index is 0.861. The molecule has 0 fully saturated rings. The predicted molar refractivity (Wildman–Crippen MR) is 62.2 cm³/mol. The second-order valence-corrected chi connectivity index (χ2v) is 4.39. The number of nitrogens with two attached hydrogens (primary N) is 2. The molecule has 0 aliphatic rings. The minimum absolute atomic E-state index is 0.861. The normalized spacial score (nSPS) is 9.00. The first-order valence-corrected chi connectivity index (χ1v) is 5.59. The lowest BCUT2D eigenvalue weighted by atomic mass is 10.4. The highest BCUT2D eigenvalue weighted by atomic mass is 32.1. The average Bonchev–Trinajstić information content (AvgIpc) is 2.67. The molecule has 0 atom stereocenters. The molecule has 0 amide bonds. The third-order valence-corrected chi connectivity index (χ3v) is 3.01. The lowest BCUT2D eigenvalue weighted by Crippen LogP contribution is -1.79. The average molecular weight is 212 g/mol. The van der Waals surface area contributed by atoms with Gasteiger partial charge in [-0.1, -0.05) is 0 Å². The van der Waals surface area contributed by atoms with Gasteiger partial charge < -0.3 is 11.5 Å². The van der Waals surface area contributed by atoms with Gasteiger partial charge in [0.25, 0.3) is 0 Å². The molecule has 13 heavy (non-hydrogen) atoms. The van der Waals surface area contributed by atoms with E-state index in [4.69, 9.17) is 11.5 Å². The van der Waals surface area contributed by atoms with Gasteiger partial charge in [-0.15, -0.1) is 11.3 Å². The number of nitrogen functional groups attached to an aromatic ring is 2.